The minimum absolute atomic E-state index is 0.153. The Balaban J connectivity index is 1.48. The number of rotatable bonds is 6. The molecular formula is C30H45N2O2Si. The highest BCUT2D eigenvalue weighted by Crippen LogP contribution is 2.45. The number of aliphatic hydroxyl groups is 1. The molecule has 1 radical (unpaired) electrons. The first-order chi connectivity index (χ1) is 16.7. The van der Waals surface area contributed by atoms with Crippen LogP contribution in [0.1, 0.15) is 74.3 Å². The van der Waals surface area contributed by atoms with Gasteiger partial charge in [0.2, 0.25) is 0 Å². The Kier molecular flexibility index (Phi) is 8.40. The van der Waals surface area contributed by atoms with Crippen LogP contribution in [0.4, 0.5) is 0 Å². The van der Waals surface area contributed by atoms with E-state index in [9.17, 15) is 5.11 Å². The molecule has 2 unspecified atom stereocenters. The summed E-state index contributed by atoms with van der Waals surface area (Å²) < 4.78 is 6.07. The molecule has 1 saturated heterocycles. The highest BCUT2D eigenvalue weighted by atomic mass is 28.3. The van der Waals surface area contributed by atoms with Gasteiger partial charge in [0.25, 0.3) is 9.04 Å². The van der Waals surface area contributed by atoms with E-state index in [0.717, 1.165) is 38.4 Å². The quantitative estimate of drug-likeness (QED) is 0.384. The molecule has 5 heteroatoms. The Bertz CT molecular complexity index is 987. The molecule has 4 atom stereocenters. The van der Waals surface area contributed by atoms with E-state index in [-0.39, 0.29) is 12.0 Å². The van der Waals surface area contributed by atoms with Gasteiger partial charge in [-0.1, -0.05) is 51.1 Å². The second-order valence-corrected chi connectivity index (χ2v) is 14.2. The van der Waals surface area contributed by atoms with Gasteiger partial charge in [0.05, 0.1) is 5.69 Å². The van der Waals surface area contributed by atoms with Crippen LogP contribution in [0.15, 0.2) is 36.4 Å². The van der Waals surface area contributed by atoms with E-state index in [1.54, 1.807) is 0 Å². The van der Waals surface area contributed by atoms with Crippen LogP contribution in [0.2, 0.25) is 13.1 Å². The van der Waals surface area contributed by atoms with Crippen molar-refractivity contribution in [2.24, 2.45) is 17.3 Å². The highest BCUT2D eigenvalue weighted by Gasteiger charge is 2.36. The fourth-order valence-electron chi connectivity index (χ4n) is 6.35. The Labute approximate surface area is 214 Å². The number of piperidine rings is 1. The van der Waals surface area contributed by atoms with Gasteiger partial charge in [-0.25, -0.2) is 4.98 Å². The third kappa shape index (κ3) is 6.36. The molecule has 2 aromatic rings. The number of hydrogen-bond donors (Lipinski definition) is 1. The Morgan fingerprint density at radius 2 is 1.89 bits per heavy atom. The van der Waals surface area contributed by atoms with Crippen molar-refractivity contribution in [2.45, 2.75) is 78.3 Å². The molecule has 0 saturated carbocycles. The van der Waals surface area contributed by atoms with Crippen LogP contribution in [-0.4, -0.2) is 50.3 Å². The summed E-state index contributed by atoms with van der Waals surface area (Å²) >= 11 is 0. The van der Waals surface area contributed by atoms with Crippen LogP contribution >= 0.6 is 0 Å². The molecule has 1 fully saturated rings. The lowest BCUT2D eigenvalue weighted by molar-refractivity contribution is 0.0849. The normalized spacial score (nSPS) is 25.8. The van der Waals surface area contributed by atoms with Crippen molar-refractivity contribution >= 4 is 9.04 Å². The predicted octanol–water partition coefficient (Wildman–Crippen LogP) is 6.20. The van der Waals surface area contributed by atoms with Crippen LogP contribution < -0.4 is 4.43 Å². The molecule has 0 amide bonds. The molecule has 2 heterocycles. The van der Waals surface area contributed by atoms with Gasteiger partial charge in [-0.2, -0.15) is 0 Å². The van der Waals surface area contributed by atoms with Gasteiger partial charge in [-0.15, -0.1) is 0 Å². The van der Waals surface area contributed by atoms with Gasteiger partial charge in [0, 0.05) is 31.5 Å². The number of aromatic nitrogens is 1. The third-order valence-corrected chi connectivity index (χ3v) is 8.84. The first kappa shape index (κ1) is 26.4. The molecule has 2 aliphatic rings. The molecular weight excluding hydrogens is 448 g/mol. The number of likely N-dealkylation sites (tertiary alicyclic amines) is 1. The maximum absolute atomic E-state index is 10.3. The molecule has 1 aromatic heterocycles. The first-order valence-corrected chi connectivity index (χ1v) is 15.9. The second kappa shape index (κ2) is 11.1. The maximum atomic E-state index is 10.3. The number of nitrogens with zero attached hydrogens (tertiary/aromatic N) is 2. The number of pyridine rings is 1. The molecule has 1 aliphatic carbocycles. The Morgan fingerprint density at radius 1 is 1.11 bits per heavy atom. The molecule has 35 heavy (non-hydrogen) atoms. The van der Waals surface area contributed by atoms with E-state index < -0.39 is 9.04 Å². The lowest BCUT2D eigenvalue weighted by Crippen LogP contribution is -2.43. The minimum atomic E-state index is -0.828. The Morgan fingerprint density at radius 3 is 2.57 bits per heavy atom. The van der Waals surface area contributed by atoms with Crippen molar-refractivity contribution < 1.29 is 9.53 Å². The van der Waals surface area contributed by atoms with E-state index in [4.69, 9.17) is 9.41 Å². The van der Waals surface area contributed by atoms with Crippen molar-refractivity contribution in [2.75, 3.05) is 26.2 Å². The van der Waals surface area contributed by atoms with Gasteiger partial charge in [0.1, 0.15) is 0 Å². The van der Waals surface area contributed by atoms with Crippen LogP contribution in [0.5, 0.6) is 5.88 Å². The summed E-state index contributed by atoms with van der Waals surface area (Å²) in [6, 6.07) is 13.1. The molecule has 191 valence electrons. The SMILES string of the molecule is Cc1ccccc1C1CCN(C[C@@H]2CCc3ccc(O[Si](C)C)nc3[C@H](C(C)(C)C)C2)CC1CO. The standard InChI is InChI=1S/C30H45N2O2Si/c1-21-9-7-8-10-25(21)26-15-16-32(19-24(26)20-33)18-22-11-12-23-13-14-28(34-35(5)6)31-29(23)27(17-22)30(2,3)4/h7-10,13-14,22,24,26-27,33H,11-12,15-20H2,1-6H3/t22-,24?,26?,27-/m1/s1. The van der Waals surface area contributed by atoms with Crippen molar-refractivity contribution in [1.82, 2.24) is 9.88 Å². The summed E-state index contributed by atoms with van der Waals surface area (Å²) in [5.74, 6) is 2.65. The molecule has 1 aromatic carbocycles. The summed E-state index contributed by atoms with van der Waals surface area (Å²) in [6.45, 7) is 17.1. The van der Waals surface area contributed by atoms with Crippen LogP contribution in [0, 0.1) is 24.2 Å². The molecule has 0 bridgehead atoms. The third-order valence-electron chi connectivity index (χ3n) is 8.22. The average Bonchev–Trinajstić information content (AvgIpc) is 2.98. The maximum Gasteiger partial charge on any atom is 0.276 e. The van der Waals surface area contributed by atoms with Gasteiger partial charge in [-0.05, 0) is 92.3 Å². The monoisotopic (exact) mass is 493 g/mol. The summed E-state index contributed by atoms with van der Waals surface area (Å²) in [4.78, 5) is 7.72. The fraction of sp³-hybridized carbons (Fsp3) is 0.633. The van der Waals surface area contributed by atoms with Crippen molar-refractivity contribution in [3.05, 3.63) is 58.8 Å². The van der Waals surface area contributed by atoms with Gasteiger partial charge in [-0.3, -0.25) is 0 Å². The van der Waals surface area contributed by atoms with E-state index >= 15 is 0 Å². The number of hydrogen-bond acceptors (Lipinski definition) is 4. The van der Waals surface area contributed by atoms with Crippen molar-refractivity contribution in [3.8, 4) is 5.88 Å². The Hall–Kier alpha value is -1.69. The molecule has 4 nitrogen and oxygen atoms in total. The minimum Gasteiger partial charge on any atom is -0.530 e. The zero-order valence-electron chi connectivity index (χ0n) is 22.7. The summed E-state index contributed by atoms with van der Waals surface area (Å²) in [7, 11) is -0.828. The fourth-order valence-corrected chi connectivity index (χ4v) is 6.88. The van der Waals surface area contributed by atoms with E-state index in [1.165, 1.54) is 35.2 Å². The number of benzene rings is 1. The lowest BCUT2D eigenvalue weighted by atomic mass is 9.73. The van der Waals surface area contributed by atoms with Crippen molar-refractivity contribution in [1.29, 1.82) is 0 Å². The van der Waals surface area contributed by atoms with Crippen molar-refractivity contribution in [3.63, 3.8) is 0 Å². The van der Waals surface area contributed by atoms with E-state index in [2.05, 4.69) is 82.1 Å². The zero-order chi connectivity index (χ0) is 25.2. The number of aryl methyl sites for hydroxylation is 2. The largest absolute Gasteiger partial charge is 0.530 e. The van der Waals surface area contributed by atoms with Crippen LogP contribution in [0.3, 0.4) is 0 Å². The van der Waals surface area contributed by atoms with Crippen LogP contribution in [-0.2, 0) is 6.42 Å². The molecule has 0 spiro atoms. The van der Waals surface area contributed by atoms with Gasteiger partial charge >= 0.3 is 0 Å². The van der Waals surface area contributed by atoms with E-state index in [0.29, 0.717) is 23.7 Å². The number of fused-ring (bicyclic) bond motifs is 1. The first-order valence-electron chi connectivity index (χ1n) is 13.5. The zero-order valence-corrected chi connectivity index (χ0v) is 23.7. The highest BCUT2D eigenvalue weighted by molar-refractivity contribution is 6.49. The predicted molar refractivity (Wildman–Crippen MR) is 147 cm³/mol. The number of aliphatic hydroxyl groups excluding tert-OH is 1. The van der Waals surface area contributed by atoms with Gasteiger partial charge < -0.3 is 14.4 Å². The molecule has 1 aliphatic heterocycles. The van der Waals surface area contributed by atoms with Gasteiger partial charge in [0.15, 0.2) is 5.88 Å². The van der Waals surface area contributed by atoms with E-state index in [1.807, 2.05) is 0 Å². The average molecular weight is 494 g/mol. The molecule has 4 rings (SSSR count). The lowest BCUT2D eigenvalue weighted by Gasteiger charge is -2.40. The topological polar surface area (TPSA) is 45.6 Å². The second-order valence-electron chi connectivity index (χ2n) is 12.2. The smallest absolute Gasteiger partial charge is 0.276 e. The summed E-state index contributed by atoms with van der Waals surface area (Å²) in [6.07, 6.45) is 4.61. The van der Waals surface area contributed by atoms with Crippen LogP contribution in [0.25, 0.3) is 0 Å². The molecule has 1 N–H and O–H groups in total. The summed E-state index contributed by atoms with van der Waals surface area (Å²) in [5, 5.41) is 10.3. The summed E-state index contributed by atoms with van der Waals surface area (Å²) in [5.41, 5.74) is 5.62.